The first-order chi connectivity index (χ1) is 13.2. The second-order valence-corrected chi connectivity index (χ2v) is 8.32. The zero-order valence-corrected chi connectivity index (χ0v) is 16.8. The van der Waals surface area contributed by atoms with Crippen molar-refractivity contribution in [2.75, 3.05) is 13.6 Å². The van der Waals surface area contributed by atoms with Crippen LogP contribution in [0.3, 0.4) is 0 Å². The van der Waals surface area contributed by atoms with E-state index in [1.165, 1.54) is 26.3 Å². The predicted molar refractivity (Wildman–Crippen MR) is 101 cm³/mol. The normalized spacial score (nSPS) is 29.0. The number of rotatable bonds is 10. The minimum absolute atomic E-state index is 0.255. The van der Waals surface area contributed by atoms with Crippen LogP contribution in [0, 0.1) is 41.4 Å². The summed E-state index contributed by atoms with van der Waals surface area (Å²) in [4.78, 5) is 47.8. The van der Waals surface area contributed by atoms with Crippen LogP contribution >= 0.6 is 0 Å². The summed E-state index contributed by atoms with van der Waals surface area (Å²) in [6, 6.07) is 0. The third-order valence-electron chi connectivity index (χ3n) is 6.77. The maximum Gasteiger partial charge on any atom is 0.308 e. The molecule has 0 spiro atoms. The third kappa shape index (κ3) is 4.47. The molecule has 8 heteroatoms. The van der Waals surface area contributed by atoms with E-state index in [2.05, 4.69) is 24.5 Å². The van der Waals surface area contributed by atoms with Crippen molar-refractivity contribution in [1.82, 2.24) is 10.6 Å². The van der Waals surface area contributed by atoms with Crippen molar-refractivity contribution in [3.05, 3.63) is 0 Å². The summed E-state index contributed by atoms with van der Waals surface area (Å²) < 4.78 is 0. The van der Waals surface area contributed by atoms with Crippen molar-refractivity contribution >= 4 is 23.8 Å². The fourth-order valence-electron chi connectivity index (χ4n) is 4.73. The molecule has 8 nitrogen and oxygen atoms in total. The molecule has 0 saturated heterocycles. The fourth-order valence-corrected chi connectivity index (χ4v) is 4.73. The minimum Gasteiger partial charge on any atom is -0.481 e. The Labute approximate surface area is 165 Å². The Kier molecular flexibility index (Phi) is 7.43. The first-order valence-electron chi connectivity index (χ1n) is 10.2. The van der Waals surface area contributed by atoms with E-state index in [1.54, 1.807) is 0 Å². The zero-order valence-electron chi connectivity index (χ0n) is 16.8. The molecule has 2 rings (SSSR count). The molecule has 0 aromatic heterocycles. The molecule has 0 radical (unpaired) electrons. The molecular formula is C20H32N2O6. The highest BCUT2D eigenvalue weighted by Gasteiger charge is 2.63. The molecule has 4 unspecified atom stereocenters. The van der Waals surface area contributed by atoms with E-state index in [0.29, 0.717) is 12.5 Å². The smallest absolute Gasteiger partial charge is 0.308 e. The number of hydrogen-bond donors (Lipinski definition) is 4. The van der Waals surface area contributed by atoms with Gasteiger partial charge in [0.05, 0.1) is 23.7 Å². The van der Waals surface area contributed by atoms with Crippen molar-refractivity contribution in [3.63, 3.8) is 0 Å². The molecule has 2 aliphatic carbocycles. The number of aliphatic carboxylic acids is 2. The lowest BCUT2D eigenvalue weighted by Gasteiger charge is -2.45. The Morgan fingerprint density at radius 1 is 0.964 bits per heavy atom. The fraction of sp³-hybridized carbons (Fsp3) is 0.800. The minimum atomic E-state index is -1.33. The number of carbonyl (C=O) groups excluding carboxylic acids is 2. The number of carboxylic acids is 2. The standard InChI is InChI=1S/C20H32N2O6/c1-4-12(10(2)8-11-6-5-7-11)9-22-18(24)14-15(19(25)26)13(17(23)21-3)16(14)20(27)28/h10-16H,4-9H2,1-3H3,(H,21,23)(H,22,24)(H,25,26)(H,27,28). The summed E-state index contributed by atoms with van der Waals surface area (Å²) in [5, 5.41) is 24.0. The van der Waals surface area contributed by atoms with Gasteiger partial charge < -0.3 is 20.8 Å². The Hall–Kier alpha value is -2.12. The van der Waals surface area contributed by atoms with Gasteiger partial charge in [0.25, 0.3) is 0 Å². The van der Waals surface area contributed by atoms with E-state index < -0.39 is 47.4 Å². The molecule has 4 N–H and O–H groups in total. The lowest BCUT2D eigenvalue weighted by Crippen LogP contribution is -2.63. The van der Waals surface area contributed by atoms with Crippen molar-refractivity contribution in [1.29, 1.82) is 0 Å². The van der Waals surface area contributed by atoms with Gasteiger partial charge in [-0.3, -0.25) is 19.2 Å². The quantitative estimate of drug-likeness (QED) is 0.441. The second-order valence-electron chi connectivity index (χ2n) is 8.32. The van der Waals surface area contributed by atoms with Gasteiger partial charge in [-0.1, -0.05) is 39.5 Å². The van der Waals surface area contributed by atoms with Gasteiger partial charge in [0.15, 0.2) is 0 Å². The maximum absolute atomic E-state index is 12.7. The van der Waals surface area contributed by atoms with Gasteiger partial charge in [-0.2, -0.15) is 0 Å². The van der Waals surface area contributed by atoms with E-state index in [4.69, 9.17) is 0 Å². The summed E-state index contributed by atoms with van der Waals surface area (Å²) in [6.45, 7) is 4.62. The molecule has 0 aliphatic heterocycles. The van der Waals surface area contributed by atoms with Crippen LogP contribution in [0.25, 0.3) is 0 Å². The summed E-state index contributed by atoms with van der Waals surface area (Å²) in [7, 11) is 1.32. The van der Waals surface area contributed by atoms with Crippen molar-refractivity contribution in [2.45, 2.75) is 46.0 Å². The monoisotopic (exact) mass is 396 g/mol. The molecule has 0 aromatic rings. The SMILES string of the molecule is CCC(CNC(=O)C1C(C(=O)O)C(C(=O)NC)C1C(=O)O)C(C)CC1CCC1. The number of nitrogens with one attached hydrogen (secondary N) is 2. The van der Waals surface area contributed by atoms with Crippen LogP contribution < -0.4 is 10.6 Å². The molecule has 158 valence electrons. The second kappa shape index (κ2) is 9.39. The first kappa shape index (κ1) is 22.2. The van der Waals surface area contributed by atoms with Gasteiger partial charge in [0.2, 0.25) is 11.8 Å². The molecule has 0 aromatic carbocycles. The van der Waals surface area contributed by atoms with Crippen LogP contribution in [-0.2, 0) is 19.2 Å². The Morgan fingerprint density at radius 2 is 1.50 bits per heavy atom. The van der Waals surface area contributed by atoms with Crippen LogP contribution in [0.5, 0.6) is 0 Å². The van der Waals surface area contributed by atoms with Crippen molar-refractivity contribution in [3.8, 4) is 0 Å². The maximum atomic E-state index is 12.7. The molecule has 0 heterocycles. The summed E-state index contributed by atoms with van der Waals surface area (Å²) in [5.41, 5.74) is 0. The van der Waals surface area contributed by atoms with E-state index in [9.17, 15) is 29.4 Å². The van der Waals surface area contributed by atoms with Gasteiger partial charge in [-0.15, -0.1) is 0 Å². The third-order valence-corrected chi connectivity index (χ3v) is 6.77. The molecule has 2 saturated carbocycles. The highest BCUT2D eigenvalue weighted by molar-refractivity contribution is 5.99. The van der Waals surface area contributed by atoms with Gasteiger partial charge in [-0.25, -0.2) is 0 Å². The van der Waals surface area contributed by atoms with E-state index in [0.717, 1.165) is 18.8 Å². The van der Waals surface area contributed by atoms with Gasteiger partial charge in [0.1, 0.15) is 0 Å². The summed E-state index contributed by atoms with van der Waals surface area (Å²) in [6.07, 6.45) is 5.80. The molecule has 4 atom stereocenters. The van der Waals surface area contributed by atoms with Crippen LogP contribution in [0.15, 0.2) is 0 Å². The lowest BCUT2D eigenvalue weighted by atomic mass is 9.55. The van der Waals surface area contributed by atoms with Crippen molar-refractivity contribution in [2.24, 2.45) is 41.4 Å². The topological polar surface area (TPSA) is 133 Å². The first-order valence-corrected chi connectivity index (χ1v) is 10.2. The van der Waals surface area contributed by atoms with E-state index in [1.807, 2.05) is 0 Å². The van der Waals surface area contributed by atoms with Gasteiger partial charge >= 0.3 is 11.9 Å². The predicted octanol–water partition coefficient (Wildman–Crippen LogP) is 1.35. The molecular weight excluding hydrogens is 364 g/mol. The number of carboxylic acid groups (broad SMARTS) is 2. The van der Waals surface area contributed by atoms with E-state index >= 15 is 0 Å². The van der Waals surface area contributed by atoms with Gasteiger partial charge in [0, 0.05) is 13.6 Å². The molecule has 2 amide bonds. The molecule has 2 fully saturated rings. The average molecular weight is 396 g/mol. The Balaban J connectivity index is 2.02. The molecule has 28 heavy (non-hydrogen) atoms. The van der Waals surface area contributed by atoms with Gasteiger partial charge in [-0.05, 0) is 24.2 Å². The number of carbonyl (C=O) groups is 4. The Morgan fingerprint density at radius 3 is 1.89 bits per heavy atom. The Bertz CT molecular complexity index is 596. The van der Waals surface area contributed by atoms with E-state index in [-0.39, 0.29) is 5.92 Å². The molecule has 0 bridgehead atoms. The number of amides is 2. The van der Waals surface area contributed by atoms with Crippen LogP contribution in [-0.4, -0.2) is 47.6 Å². The lowest BCUT2D eigenvalue weighted by molar-refractivity contribution is -0.181. The average Bonchev–Trinajstić information content (AvgIpc) is 2.56. The van der Waals surface area contributed by atoms with Crippen molar-refractivity contribution < 1.29 is 29.4 Å². The summed E-state index contributed by atoms with van der Waals surface area (Å²) >= 11 is 0. The summed E-state index contributed by atoms with van der Waals surface area (Å²) in [5.74, 6) is -7.58. The zero-order chi connectivity index (χ0) is 21.0. The highest BCUT2D eigenvalue weighted by atomic mass is 16.4. The van der Waals surface area contributed by atoms with Crippen LogP contribution in [0.2, 0.25) is 0 Å². The molecule has 2 aliphatic rings. The van der Waals surface area contributed by atoms with Crippen LogP contribution in [0.4, 0.5) is 0 Å². The largest absolute Gasteiger partial charge is 0.481 e. The van der Waals surface area contributed by atoms with Crippen LogP contribution in [0.1, 0.15) is 46.0 Å². The number of hydrogen-bond acceptors (Lipinski definition) is 4. The highest BCUT2D eigenvalue weighted by Crippen LogP contribution is 2.47.